The van der Waals surface area contributed by atoms with Gasteiger partial charge in [0.15, 0.2) is 0 Å². The van der Waals surface area contributed by atoms with Crippen molar-refractivity contribution in [1.82, 2.24) is 10.3 Å². The van der Waals surface area contributed by atoms with Crippen LogP contribution in [0.25, 0.3) is 6.08 Å². The lowest BCUT2D eigenvalue weighted by Crippen LogP contribution is -2.44. The number of unbranched alkanes of at least 4 members (excludes halogenated alkanes) is 1. The first kappa shape index (κ1) is 18.5. The second kappa shape index (κ2) is 8.88. The highest BCUT2D eigenvalue weighted by Gasteiger charge is 2.33. The Kier molecular flexibility index (Phi) is 6.85. The van der Waals surface area contributed by atoms with Crippen molar-refractivity contribution < 1.29 is 9.90 Å². The number of carboxylic acids is 1. The van der Waals surface area contributed by atoms with Gasteiger partial charge in [0.1, 0.15) is 6.04 Å². The first-order valence-electron chi connectivity index (χ1n) is 9.24. The largest absolute Gasteiger partial charge is 0.480 e. The maximum Gasteiger partial charge on any atom is 0.321 e. The van der Waals surface area contributed by atoms with Crippen molar-refractivity contribution in [3.8, 4) is 0 Å². The average molecular weight is 330 g/mol. The lowest BCUT2D eigenvalue weighted by molar-refractivity contribution is -0.139. The van der Waals surface area contributed by atoms with Gasteiger partial charge in [0, 0.05) is 23.9 Å². The number of fused-ring (bicyclic) bond motifs is 3. The molecule has 0 saturated heterocycles. The molecule has 4 nitrogen and oxygen atoms in total. The van der Waals surface area contributed by atoms with E-state index >= 15 is 0 Å². The molecule has 0 bridgehead atoms. The fourth-order valence-electron chi connectivity index (χ4n) is 3.47. The molecule has 0 spiro atoms. The second-order valence-corrected chi connectivity index (χ2v) is 6.18. The summed E-state index contributed by atoms with van der Waals surface area (Å²) in [6, 6.07) is -0.358. The number of aliphatic carboxylic acids is 1. The summed E-state index contributed by atoms with van der Waals surface area (Å²) in [6.07, 6.45) is 14.3. The summed E-state index contributed by atoms with van der Waals surface area (Å²) in [4.78, 5) is 15.1. The minimum atomic E-state index is -0.751. The zero-order valence-electron chi connectivity index (χ0n) is 15.1. The van der Waals surface area contributed by atoms with Gasteiger partial charge in [-0.3, -0.25) is 10.1 Å². The van der Waals surface area contributed by atoms with Crippen LogP contribution >= 0.6 is 0 Å². The summed E-state index contributed by atoms with van der Waals surface area (Å²) in [7, 11) is 0. The Labute approximate surface area is 145 Å². The van der Waals surface area contributed by atoms with Crippen LogP contribution in [0.3, 0.4) is 0 Å². The van der Waals surface area contributed by atoms with E-state index in [0.717, 1.165) is 37.8 Å². The molecule has 1 aromatic rings. The van der Waals surface area contributed by atoms with Gasteiger partial charge in [-0.25, -0.2) is 0 Å². The zero-order valence-corrected chi connectivity index (χ0v) is 15.1. The Morgan fingerprint density at radius 2 is 2.04 bits per heavy atom. The third kappa shape index (κ3) is 3.99. The van der Waals surface area contributed by atoms with Crippen LogP contribution in [0.1, 0.15) is 75.0 Å². The van der Waals surface area contributed by atoms with Crippen LogP contribution in [0.5, 0.6) is 0 Å². The molecule has 1 aromatic heterocycles. The number of hydrogen-bond acceptors (Lipinski definition) is 2. The van der Waals surface area contributed by atoms with Crippen molar-refractivity contribution >= 4 is 12.0 Å². The minimum Gasteiger partial charge on any atom is -0.480 e. The van der Waals surface area contributed by atoms with Crippen LogP contribution in [-0.4, -0.2) is 22.1 Å². The van der Waals surface area contributed by atoms with Crippen molar-refractivity contribution in [3.63, 3.8) is 0 Å². The van der Waals surface area contributed by atoms with Gasteiger partial charge in [-0.1, -0.05) is 51.8 Å². The number of hydrogen-bond donors (Lipinski definition) is 3. The smallest absolute Gasteiger partial charge is 0.321 e. The fourth-order valence-corrected chi connectivity index (χ4v) is 3.47. The maximum atomic E-state index is 11.5. The SMILES string of the molecule is CC.CCCCC1NC(C(=O)O)Cc2c1[nH]c1c2CC=CC/C=C\1. The topological polar surface area (TPSA) is 65.1 Å². The van der Waals surface area contributed by atoms with Crippen molar-refractivity contribution in [2.75, 3.05) is 0 Å². The molecular weight excluding hydrogens is 300 g/mol. The van der Waals surface area contributed by atoms with E-state index in [1.807, 2.05) is 13.8 Å². The molecule has 24 heavy (non-hydrogen) atoms. The molecule has 0 saturated carbocycles. The van der Waals surface area contributed by atoms with E-state index in [1.54, 1.807) is 0 Å². The van der Waals surface area contributed by atoms with E-state index in [0.29, 0.717) is 6.42 Å². The van der Waals surface area contributed by atoms with Crippen LogP contribution in [-0.2, 0) is 17.6 Å². The van der Waals surface area contributed by atoms with Gasteiger partial charge in [0.05, 0.1) is 0 Å². The minimum absolute atomic E-state index is 0.121. The Hall–Kier alpha value is -1.81. The molecule has 132 valence electrons. The predicted molar refractivity (Wildman–Crippen MR) is 99.2 cm³/mol. The number of nitrogens with one attached hydrogen (secondary N) is 2. The molecule has 2 aliphatic rings. The van der Waals surface area contributed by atoms with Crippen LogP contribution in [0.2, 0.25) is 0 Å². The molecule has 2 heterocycles. The highest BCUT2D eigenvalue weighted by atomic mass is 16.4. The molecule has 4 heteroatoms. The maximum absolute atomic E-state index is 11.5. The third-order valence-corrected chi connectivity index (χ3v) is 4.63. The summed E-state index contributed by atoms with van der Waals surface area (Å²) >= 11 is 0. The van der Waals surface area contributed by atoms with Crippen molar-refractivity contribution in [2.24, 2.45) is 0 Å². The zero-order chi connectivity index (χ0) is 17.5. The molecule has 2 atom stereocenters. The lowest BCUT2D eigenvalue weighted by Gasteiger charge is -2.29. The second-order valence-electron chi connectivity index (χ2n) is 6.18. The quantitative estimate of drug-likeness (QED) is 0.718. The summed E-state index contributed by atoms with van der Waals surface area (Å²) in [5.41, 5.74) is 4.86. The molecule has 0 aromatic carbocycles. The average Bonchev–Trinajstić information content (AvgIpc) is 2.91. The van der Waals surface area contributed by atoms with Crippen molar-refractivity contribution in [1.29, 1.82) is 0 Å². The number of carbonyl (C=O) groups is 1. The predicted octanol–water partition coefficient (Wildman–Crippen LogP) is 4.39. The molecular formula is C20H30N2O2. The molecule has 0 amide bonds. The van der Waals surface area contributed by atoms with Crippen LogP contribution < -0.4 is 5.32 Å². The van der Waals surface area contributed by atoms with Crippen molar-refractivity contribution in [3.05, 3.63) is 40.7 Å². The number of carboxylic acid groups (broad SMARTS) is 1. The van der Waals surface area contributed by atoms with Crippen molar-refractivity contribution in [2.45, 2.75) is 71.4 Å². The van der Waals surface area contributed by atoms with Crippen LogP contribution in [0.4, 0.5) is 0 Å². The molecule has 1 aliphatic carbocycles. The van der Waals surface area contributed by atoms with E-state index in [1.165, 1.54) is 16.8 Å². The molecule has 0 radical (unpaired) electrons. The molecule has 2 unspecified atom stereocenters. The molecule has 3 N–H and O–H groups in total. The van der Waals surface area contributed by atoms with Gasteiger partial charge >= 0.3 is 5.97 Å². The van der Waals surface area contributed by atoms with Gasteiger partial charge in [-0.15, -0.1) is 0 Å². The highest BCUT2D eigenvalue weighted by molar-refractivity contribution is 5.75. The van der Waals surface area contributed by atoms with E-state index in [-0.39, 0.29) is 6.04 Å². The van der Waals surface area contributed by atoms with E-state index in [4.69, 9.17) is 0 Å². The Morgan fingerprint density at radius 1 is 1.25 bits per heavy atom. The summed E-state index contributed by atoms with van der Waals surface area (Å²) in [5, 5.41) is 12.8. The van der Waals surface area contributed by atoms with Crippen LogP contribution in [0.15, 0.2) is 18.2 Å². The van der Waals surface area contributed by atoms with Gasteiger partial charge < -0.3 is 10.1 Å². The monoisotopic (exact) mass is 330 g/mol. The van der Waals surface area contributed by atoms with Gasteiger partial charge in [0.2, 0.25) is 0 Å². The van der Waals surface area contributed by atoms with E-state index in [2.05, 4.69) is 41.5 Å². The van der Waals surface area contributed by atoms with E-state index in [9.17, 15) is 9.90 Å². The number of allylic oxidation sites excluding steroid dienone is 3. The molecule has 0 fully saturated rings. The first-order chi connectivity index (χ1) is 11.7. The normalized spacial score (nSPS) is 23.1. The Bertz CT molecular complexity index is 613. The van der Waals surface area contributed by atoms with Crippen LogP contribution in [0, 0.1) is 0 Å². The number of aromatic nitrogens is 1. The standard InChI is InChI=1S/C18H24N2O2.C2H6/c1-2-3-9-15-17-13(11-16(19-15)18(21)22)12-8-6-4-5-7-10-14(12)20-17;1-2/h4,6-7,10,15-16,19-20H,2-3,5,8-9,11H2,1H3,(H,21,22);1-2H3/b6-4?,10-7-;. The summed E-state index contributed by atoms with van der Waals surface area (Å²) < 4.78 is 0. The highest BCUT2D eigenvalue weighted by Crippen LogP contribution is 2.34. The van der Waals surface area contributed by atoms with Gasteiger partial charge in [0.25, 0.3) is 0 Å². The number of aromatic amines is 1. The third-order valence-electron chi connectivity index (χ3n) is 4.63. The van der Waals surface area contributed by atoms with E-state index < -0.39 is 12.0 Å². The molecule has 3 rings (SSSR count). The summed E-state index contributed by atoms with van der Waals surface area (Å²) in [5.74, 6) is -0.751. The summed E-state index contributed by atoms with van der Waals surface area (Å²) in [6.45, 7) is 6.17. The van der Waals surface area contributed by atoms with Gasteiger partial charge in [-0.05, 0) is 36.5 Å². The Balaban J connectivity index is 0.00000100. The first-order valence-corrected chi connectivity index (χ1v) is 9.24. The Morgan fingerprint density at radius 3 is 2.75 bits per heavy atom. The number of H-pyrrole nitrogens is 1. The number of rotatable bonds is 4. The fraction of sp³-hybridized carbons (Fsp3) is 0.550. The lowest BCUT2D eigenvalue weighted by atomic mass is 9.89. The van der Waals surface area contributed by atoms with Gasteiger partial charge in [-0.2, -0.15) is 0 Å². The molecule has 1 aliphatic heterocycles.